The molecule has 1 rings (SSSR count). The molecule has 1 N–H and O–H groups in total. The molecule has 0 atom stereocenters. The van der Waals surface area contributed by atoms with Crippen molar-refractivity contribution < 1.29 is 14.3 Å². The summed E-state index contributed by atoms with van der Waals surface area (Å²) in [7, 11) is 1.28. The summed E-state index contributed by atoms with van der Waals surface area (Å²) in [5.74, 6) is -0.669. The topological polar surface area (TPSA) is 79.5 Å². The first kappa shape index (κ1) is 16.9. The summed E-state index contributed by atoms with van der Waals surface area (Å²) in [5, 5.41) is 0. The highest BCUT2D eigenvalue weighted by atomic mass is 16.5. The van der Waals surface area contributed by atoms with Crippen molar-refractivity contribution in [2.45, 2.75) is 26.7 Å². The normalized spacial score (nSPS) is 10.5. The fourth-order valence-electron chi connectivity index (χ4n) is 2.05. The lowest BCUT2D eigenvalue weighted by Crippen LogP contribution is -2.41. The highest BCUT2D eigenvalue weighted by Crippen LogP contribution is 2.12. The van der Waals surface area contributed by atoms with Gasteiger partial charge in [-0.3, -0.25) is 14.4 Å². The predicted molar refractivity (Wildman–Crippen MR) is 79.1 cm³/mol. The zero-order valence-electron chi connectivity index (χ0n) is 12.7. The third-order valence-electron chi connectivity index (χ3n) is 3.52. The molecule has 1 aromatic heterocycles. The molecule has 6 nitrogen and oxygen atoms in total. The average Bonchev–Trinajstić information content (AvgIpc) is 2.50. The van der Waals surface area contributed by atoms with Crippen molar-refractivity contribution in [2.75, 3.05) is 20.2 Å². The van der Waals surface area contributed by atoms with Gasteiger partial charge in [0.25, 0.3) is 5.91 Å². The van der Waals surface area contributed by atoms with Crippen LogP contribution in [0.3, 0.4) is 0 Å². The molecule has 0 aromatic carbocycles. The number of amides is 1. The molecule has 0 radical (unpaired) electrons. The summed E-state index contributed by atoms with van der Waals surface area (Å²) in [5.41, 5.74) is -0.328. The zero-order valence-corrected chi connectivity index (χ0v) is 12.7. The molecule has 0 bridgehead atoms. The van der Waals surface area contributed by atoms with Crippen LogP contribution in [0.4, 0.5) is 0 Å². The maximum absolute atomic E-state index is 12.5. The lowest BCUT2D eigenvalue weighted by atomic mass is 10.0. The number of hydrogen-bond acceptors (Lipinski definition) is 4. The Labute approximate surface area is 124 Å². The first-order valence-electron chi connectivity index (χ1n) is 7.06. The molecule has 116 valence electrons. The summed E-state index contributed by atoms with van der Waals surface area (Å²) in [4.78, 5) is 39.8. The number of H-pyrrole nitrogens is 1. The Kier molecular flexibility index (Phi) is 6.65. The van der Waals surface area contributed by atoms with Crippen LogP contribution >= 0.6 is 0 Å². The van der Waals surface area contributed by atoms with Gasteiger partial charge in [-0.15, -0.1) is 0 Å². The first-order chi connectivity index (χ1) is 10.0. The van der Waals surface area contributed by atoms with Crippen LogP contribution in [0.25, 0.3) is 0 Å². The van der Waals surface area contributed by atoms with Crippen molar-refractivity contribution in [3.63, 3.8) is 0 Å². The summed E-state index contributed by atoms with van der Waals surface area (Å²) in [6.45, 7) is 4.34. The van der Waals surface area contributed by atoms with Gasteiger partial charge in [-0.05, 0) is 5.92 Å². The van der Waals surface area contributed by atoms with Crippen LogP contribution in [-0.4, -0.2) is 42.0 Å². The number of aromatic amines is 1. The lowest BCUT2D eigenvalue weighted by molar-refractivity contribution is -0.141. The van der Waals surface area contributed by atoms with Crippen LogP contribution in [0.2, 0.25) is 0 Å². The van der Waals surface area contributed by atoms with E-state index in [-0.39, 0.29) is 23.5 Å². The van der Waals surface area contributed by atoms with E-state index in [1.807, 2.05) is 13.8 Å². The fraction of sp³-hybridized carbons (Fsp3) is 0.533. The molecule has 1 heterocycles. The second kappa shape index (κ2) is 8.24. The van der Waals surface area contributed by atoms with Gasteiger partial charge in [0.2, 0.25) is 0 Å². The number of methoxy groups -OCH3 is 1. The number of aromatic nitrogens is 1. The van der Waals surface area contributed by atoms with E-state index in [0.717, 1.165) is 12.8 Å². The molecule has 0 saturated carbocycles. The van der Waals surface area contributed by atoms with Gasteiger partial charge >= 0.3 is 5.97 Å². The van der Waals surface area contributed by atoms with Crippen LogP contribution in [0.15, 0.2) is 23.3 Å². The monoisotopic (exact) mass is 294 g/mol. The van der Waals surface area contributed by atoms with Gasteiger partial charge in [-0.25, -0.2) is 0 Å². The van der Waals surface area contributed by atoms with Crippen molar-refractivity contribution in [3.05, 3.63) is 34.2 Å². The van der Waals surface area contributed by atoms with Gasteiger partial charge < -0.3 is 14.6 Å². The van der Waals surface area contributed by atoms with E-state index in [2.05, 4.69) is 9.72 Å². The van der Waals surface area contributed by atoms with Crippen LogP contribution in [-0.2, 0) is 9.53 Å². The quantitative estimate of drug-likeness (QED) is 0.771. The number of nitrogens with zero attached hydrogens (tertiary/aromatic N) is 1. The molecule has 0 saturated heterocycles. The SMILES string of the molecule is CCC(CC)CN(CC(=O)OC)C(=O)c1c[nH]ccc1=O. The summed E-state index contributed by atoms with van der Waals surface area (Å²) in [6.07, 6.45) is 4.62. The third kappa shape index (κ3) is 4.73. The number of carbonyl (C=O) groups is 2. The van der Waals surface area contributed by atoms with Crippen LogP contribution in [0.1, 0.15) is 37.0 Å². The molecule has 21 heavy (non-hydrogen) atoms. The maximum Gasteiger partial charge on any atom is 0.325 e. The summed E-state index contributed by atoms with van der Waals surface area (Å²) in [6, 6.07) is 1.29. The van der Waals surface area contributed by atoms with Gasteiger partial charge in [0.05, 0.1) is 7.11 Å². The Morgan fingerprint density at radius 1 is 1.33 bits per heavy atom. The van der Waals surface area contributed by atoms with Gasteiger partial charge in [-0.2, -0.15) is 0 Å². The Bertz CT molecular complexity index is 534. The Morgan fingerprint density at radius 3 is 2.52 bits per heavy atom. The smallest absolute Gasteiger partial charge is 0.325 e. The molecule has 0 fully saturated rings. The second-order valence-electron chi connectivity index (χ2n) is 4.87. The minimum absolute atomic E-state index is 0.0346. The minimum Gasteiger partial charge on any atom is -0.468 e. The van der Waals surface area contributed by atoms with Crippen molar-refractivity contribution >= 4 is 11.9 Å². The predicted octanol–water partition coefficient (Wildman–Crippen LogP) is 1.43. The Balaban J connectivity index is 2.99. The number of nitrogens with one attached hydrogen (secondary N) is 1. The van der Waals surface area contributed by atoms with E-state index < -0.39 is 11.9 Å². The molecule has 0 unspecified atom stereocenters. The number of carbonyl (C=O) groups excluding carboxylic acids is 2. The average molecular weight is 294 g/mol. The van der Waals surface area contributed by atoms with Crippen LogP contribution in [0.5, 0.6) is 0 Å². The van der Waals surface area contributed by atoms with Gasteiger partial charge in [0.15, 0.2) is 5.43 Å². The molecule has 0 aliphatic heterocycles. The van der Waals surface area contributed by atoms with E-state index in [9.17, 15) is 14.4 Å². The molecule has 1 amide bonds. The number of esters is 1. The highest BCUT2D eigenvalue weighted by molar-refractivity contribution is 5.95. The fourth-order valence-corrected chi connectivity index (χ4v) is 2.05. The molecule has 6 heteroatoms. The van der Waals surface area contributed by atoms with E-state index in [1.165, 1.54) is 30.5 Å². The number of pyridine rings is 1. The van der Waals surface area contributed by atoms with Crippen molar-refractivity contribution in [1.29, 1.82) is 0 Å². The molecule has 0 spiro atoms. The first-order valence-corrected chi connectivity index (χ1v) is 7.06. The molecule has 1 aromatic rings. The zero-order chi connectivity index (χ0) is 15.8. The molecular formula is C15H22N2O4. The Morgan fingerprint density at radius 2 is 2.00 bits per heavy atom. The number of rotatable bonds is 7. The van der Waals surface area contributed by atoms with Gasteiger partial charge in [0.1, 0.15) is 12.1 Å². The summed E-state index contributed by atoms with van der Waals surface area (Å²) < 4.78 is 4.63. The minimum atomic E-state index is -0.498. The third-order valence-corrected chi connectivity index (χ3v) is 3.52. The maximum atomic E-state index is 12.5. The van der Waals surface area contributed by atoms with Crippen LogP contribution < -0.4 is 5.43 Å². The number of hydrogen-bond donors (Lipinski definition) is 1. The van der Waals surface area contributed by atoms with E-state index in [1.54, 1.807) is 0 Å². The Hall–Kier alpha value is -2.11. The molecular weight excluding hydrogens is 272 g/mol. The van der Waals surface area contributed by atoms with Gasteiger partial charge in [-0.1, -0.05) is 26.7 Å². The second-order valence-corrected chi connectivity index (χ2v) is 4.87. The molecule has 0 aliphatic rings. The van der Waals surface area contributed by atoms with Crippen LogP contribution in [0, 0.1) is 5.92 Å². The van der Waals surface area contributed by atoms with E-state index in [4.69, 9.17) is 0 Å². The van der Waals surface area contributed by atoms with Crippen molar-refractivity contribution in [3.8, 4) is 0 Å². The van der Waals surface area contributed by atoms with E-state index >= 15 is 0 Å². The van der Waals surface area contributed by atoms with E-state index in [0.29, 0.717) is 6.54 Å². The molecule has 0 aliphatic carbocycles. The van der Waals surface area contributed by atoms with Crippen molar-refractivity contribution in [2.24, 2.45) is 5.92 Å². The standard InChI is InChI=1S/C15H22N2O4/c1-4-11(5-2)9-17(10-14(19)21-3)15(20)12-8-16-7-6-13(12)18/h6-8,11H,4-5,9-10H2,1-3H3,(H,16,18). The highest BCUT2D eigenvalue weighted by Gasteiger charge is 2.23. The largest absolute Gasteiger partial charge is 0.468 e. The lowest BCUT2D eigenvalue weighted by Gasteiger charge is -2.25. The summed E-state index contributed by atoms with van der Waals surface area (Å²) >= 11 is 0. The van der Waals surface area contributed by atoms with Crippen molar-refractivity contribution in [1.82, 2.24) is 9.88 Å². The number of ether oxygens (including phenoxy) is 1. The van der Waals surface area contributed by atoms with Gasteiger partial charge in [0, 0.05) is 25.0 Å².